The molecule has 2 heterocycles. The van der Waals surface area contributed by atoms with Gasteiger partial charge in [-0.1, -0.05) is 29.8 Å². The van der Waals surface area contributed by atoms with E-state index in [0.29, 0.717) is 6.04 Å². The fourth-order valence-electron chi connectivity index (χ4n) is 4.45. The number of rotatable bonds is 1. The van der Waals surface area contributed by atoms with Crippen LogP contribution in [-0.2, 0) is 13.0 Å². The van der Waals surface area contributed by atoms with Gasteiger partial charge >= 0.3 is 0 Å². The van der Waals surface area contributed by atoms with E-state index in [2.05, 4.69) is 42.6 Å². The number of hydrogen-bond donors (Lipinski definition) is 3. The van der Waals surface area contributed by atoms with Crippen LogP contribution in [0.2, 0.25) is 0 Å². The third-order valence-corrected chi connectivity index (χ3v) is 6.90. The van der Waals surface area contributed by atoms with E-state index in [1.165, 1.54) is 26.4 Å². The Bertz CT molecular complexity index is 1010. The lowest BCUT2D eigenvalue weighted by Gasteiger charge is -2.38. The number of phenolic OH excluding ortho intramolecular Hbond substituents is 2. The van der Waals surface area contributed by atoms with Gasteiger partial charge in [-0.05, 0) is 60.2 Å². The van der Waals surface area contributed by atoms with E-state index in [0.717, 1.165) is 30.5 Å². The highest BCUT2D eigenvalue weighted by Crippen LogP contribution is 2.47. The van der Waals surface area contributed by atoms with Crippen LogP contribution in [-0.4, -0.2) is 16.3 Å². The van der Waals surface area contributed by atoms with Gasteiger partial charge in [0.15, 0.2) is 11.5 Å². The second-order valence-electron chi connectivity index (χ2n) is 7.40. The number of fused-ring (bicyclic) bond motifs is 5. The average Bonchev–Trinajstić information content (AvgIpc) is 3.07. The van der Waals surface area contributed by atoms with Crippen LogP contribution < -0.4 is 5.32 Å². The minimum absolute atomic E-state index is 0.0167. The average molecular weight is 363 g/mol. The Morgan fingerprint density at radius 2 is 1.88 bits per heavy atom. The highest BCUT2D eigenvalue weighted by Gasteiger charge is 2.36. The van der Waals surface area contributed by atoms with Gasteiger partial charge < -0.3 is 15.5 Å². The Balaban J connectivity index is 1.64. The van der Waals surface area contributed by atoms with Crippen LogP contribution in [0, 0.1) is 6.92 Å². The summed E-state index contributed by atoms with van der Waals surface area (Å²) in [6.07, 6.45) is 1.98. The van der Waals surface area contributed by atoms with Crippen LogP contribution in [0.3, 0.4) is 0 Å². The van der Waals surface area contributed by atoms with Gasteiger partial charge in [-0.15, -0.1) is 11.3 Å². The monoisotopic (exact) mass is 363 g/mol. The number of nitrogens with one attached hydrogen (secondary N) is 1. The fourth-order valence-corrected chi connectivity index (χ4v) is 5.60. The van der Waals surface area contributed by atoms with Crippen LogP contribution >= 0.6 is 11.3 Å². The molecule has 26 heavy (non-hydrogen) atoms. The zero-order chi connectivity index (χ0) is 17.8. The van der Waals surface area contributed by atoms with Gasteiger partial charge in [0.25, 0.3) is 0 Å². The number of hydrogen-bond acceptors (Lipinski definition) is 4. The molecule has 3 nitrogen and oxygen atoms in total. The number of benzene rings is 2. The van der Waals surface area contributed by atoms with E-state index in [4.69, 9.17) is 0 Å². The van der Waals surface area contributed by atoms with Crippen molar-refractivity contribution in [3.63, 3.8) is 0 Å². The molecule has 5 rings (SSSR count). The summed E-state index contributed by atoms with van der Waals surface area (Å²) in [5, 5.41) is 23.6. The highest BCUT2D eigenvalue weighted by molar-refractivity contribution is 7.15. The van der Waals surface area contributed by atoms with Crippen LogP contribution in [0.4, 0.5) is 0 Å². The van der Waals surface area contributed by atoms with Crippen LogP contribution in [0.1, 0.15) is 39.5 Å². The minimum atomic E-state index is -0.0225. The maximum Gasteiger partial charge on any atom is 0.157 e. The predicted octanol–water partition coefficient (Wildman–Crippen LogP) is 4.68. The van der Waals surface area contributed by atoms with Crippen molar-refractivity contribution in [3.8, 4) is 21.9 Å². The molecule has 3 aromatic rings. The van der Waals surface area contributed by atoms with E-state index < -0.39 is 0 Å². The molecule has 1 aromatic heterocycles. The highest BCUT2D eigenvalue weighted by atomic mass is 32.1. The van der Waals surface area contributed by atoms with Crippen molar-refractivity contribution in [1.82, 2.24) is 5.32 Å². The molecule has 1 aliphatic heterocycles. The Kier molecular flexibility index (Phi) is 3.59. The molecule has 3 N–H and O–H groups in total. The minimum Gasteiger partial charge on any atom is -0.504 e. The summed E-state index contributed by atoms with van der Waals surface area (Å²) in [5.41, 5.74) is 6.22. The lowest BCUT2D eigenvalue weighted by Crippen LogP contribution is -2.41. The smallest absolute Gasteiger partial charge is 0.157 e. The second-order valence-corrected chi connectivity index (χ2v) is 8.54. The molecule has 4 heteroatoms. The Labute approximate surface area is 157 Å². The first-order valence-electron chi connectivity index (χ1n) is 9.08. The molecule has 2 atom stereocenters. The van der Waals surface area contributed by atoms with Crippen molar-refractivity contribution in [2.45, 2.75) is 38.3 Å². The lowest BCUT2D eigenvalue weighted by molar-refractivity contribution is 0.382. The lowest BCUT2D eigenvalue weighted by atomic mass is 9.74. The van der Waals surface area contributed by atoms with Gasteiger partial charge in [-0.2, -0.15) is 0 Å². The maximum absolute atomic E-state index is 10.1. The predicted molar refractivity (Wildman–Crippen MR) is 105 cm³/mol. The van der Waals surface area contributed by atoms with Crippen molar-refractivity contribution < 1.29 is 10.2 Å². The third kappa shape index (κ3) is 2.44. The number of thiophene rings is 1. The van der Waals surface area contributed by atoms with Crippen molar-refractivity contribution in [1.29, 1.82) is 0 Å². The molecule has 132 valence electrons. The van der Waals surface area contributed by atoms with Crippen LogP contribution in [0.5, 0.6) is 11.5 Å². The Morgan fingerprint density at radius 1 is 1.04 bits per heavy atom. The second kappa shape index (κ2) is 5.86. The Hall–Kier alpha value is -2.30. The third-order valence-electron chi connectivity index (χ3n) is 5.70. The summed E-state index contributed by atoms with van der Waals surface area (Å²) in [6.45, 7) is 3.04. The summed E-state index contributed by atoms with van der Waals surface area (Å²) in [7, 11) is 0. The summed E-state index contributed by atoms with van der Waals surface area (Å²) >= 11 is 1.86. The van der Waals surface area contributed by atoms with Crippen molar-refractivity contribution in [2.75, 3.05) is 0 Å². The number of aryl methyl sites for hydroxylation is 2. The molecule has 0 bridgehead atoms. The fraction of sp³-hybridized carbons (Fsp3) is 0.273. The molecule has 0 amide bonds. The first-order chi connectivity index (χ1) is 12.6. The van der Waals surface area contributed by atoms with E-state index in [1.54, 1.807) is 12.1 Å². The van der Waals surface area contributed by atoms with Crippen molar-refractivity contribution in [2.24, 2.45) is 0 Å². The number of aromatic hydroxyl groups is 2. The zero-order valence-corrected chi connectivity index (χ0v) is 15.4. The van der Waals surface area contributed by atoms with Gasteiger partial charge in [0, 0.05) is 28.3 Å². The van der Waals surface area contributed by atoms with Crippen LogP contribution in [0.25, 0.3) is 10.4 Å². The van der Waals surface area contributed by atoms with Crippen molar-refractivity contribution in [3.05, 3.63) is 69.6 Å². The van der Waals surface area contributed by atoms with Gasteiger partial charge in [-0.25, -0.2) is 0 Å². The molecule has 0 saturated heterocycles. The molecular weight excluding hydrogens is 342 g/mol. The van der Waals surface area contributed by atoms with Crippen LogP contribution in [0.15, 0.2) is 42.5 Å². The molecule has 2 aliphatic rings. The maximum atomic E-state index is 10.1. The molecular formula is C22H21NO2S. The van der Waals surface area contributed by atoms with E-state index in [-0.39, 0.29) is 17.4 Å². The first-order valence-corrected chi connectivity index (χ1v) is 9.89. The molecule has 2 aromatic carbocycles. The largest absolute Gasteiger partial charge is 0.504 e. The summed E-state index contributed by atoms with van der Waals surface area (Å²) in [4.78, 5) is 2.68. The van der Waals surface area contributed by atoms with E-state index in [1.807, 2.05) is 11.3 Å². The van der Waals surface area contributed by atoms with E-state index in [9.17, 15) is 10.2 Å². The zero-order valence-electron chi connectivity index (χ0n) is 14.6. The SMILES string of the molecule is Cc1cccc(-c2cc3c(s2)CNC2CCc4cc(O)c(O)cc4C32)c1. The molecule has 2 unspecified atom stereocenters. The summed E-state index contributed by atoms with van der Waals surface area (Å²) < 4.78 is 0. The normalized spacial score (nSPS) is 21.0. The van der Waals surface area contributed by atoms with Gasteiger partial charge in [-0.3, -0.25) is 0 Å². The van der Waals surface area contributed by atoms with Gasteiger partial charge in [0.1, 0.15) is 0 Å². The van der Waals surface area contributed by atoms with Gasteiger partial charge in [0.2, 0.25) is 0 Å². The standard InChI is InChI=1S/C22H21NO2S/c1-12-3-2-4-14(7-12)20-10-16-21(26-20)11-23-17-6-5-13-8-18(24)19(25)9-15(13)22(16)17/h2-4,7-10,17,22-25H,5-6,11H2,1H3. The quantitative estimate of drug-likeness (QED) is 0.550. The topological polar surface area (TPSA) is 52.5 Å². The first kappa shape index (κ1) is 15.9. The molecule has 0 spiro atoms. The van der Waals surface area contributed by atoms with Gasteiger partial charge in [0.05, 0.1) is 0 Å². The molecule has 0 saturated carbocycles. The number of phenols is 2. The molecule has 0 radical (unpaired) electrons. The molecule has 0 fully saturated rings. The van der Waals surface area contributed by atoms with E-state index >= 15 is 0 Å². The Morgan fingerprint density at radius 3 is 2.73 bits per heavy atom. The summed E-state index contributed by atoms with van der Waals surface area (Å²) in [5.74, 6) is 0.200. The molecule has 1 aliphatic carbocycles. The summed E-state index contributed by atoms with van der Waals surface area (Å²) in [6, 6.07) is 14.9. The van der Waals surface area contributed by atoms with Crippen molar-refractivity contribution >= 4 is 11.3 Å².